The van der Waals surface area contributed by atoms with Crippen LogP contribution in [-0.2, 0) is 4.79 Å². The summed E-state index contributed by atoms with van der Waals surface area (Å²) in [4.78, 5) is 13.6. The summed E-state index contributed by atoms with van der Waals surface area (Å²) in [7, 11) is 0. The molecule has 2 saturated carbocycles. The van der Waals surface area contributed by atoms with E-state index in [1.54, 1.807) is 0 Å². The molecule has 4 aliphatic carbocycles. The fraction of sp³-hybridized carbons (Fsp3) is 0.750. The molecule has 0 aromatic rings. The van der Waals surface area contributed by atoms with E-state index in [2.05, 4.69) is 46.8 Å². The molecule has 6 atom stereocenters. The number of allylic oxidation sites excluding steroid dienone is 4. The van der Waals surface area contributed by atoms with Crippen LogP contribution < -0.4 is 0 Å². The van der Waals surface area contributed by atoms with Gasteiger partial charge in [0.25, 0.3) is 0 Å². The van der Waals surface area contributed by atoms with Gasteiger partial charge in [0, 0.05) is 5.92 Å². The molecule has 0 saturated heterocycles. The van der Waals surface area contributed by atoms with Gasteiger partial charge in [-0.25, -0.2) is 0 Å². The van der Waals surface area contributed by atoms with Crippen molar-refractivity contribution in [2.45, 2.75) is 53.9 Å². The topological polar surface area (TPSA) is 17.1 Å². The highest BCUT2D eigenvalue weighted by Crippen LogP contribution is 2.70. The molecule has 0 N–H and O–H groups in total. The van der Waals surface area contributed by atoms with E-state index < -0.39 is 0 Å². The first kappa shape index (κ1) is 13.8. The van der Waals surface area contributed by atoms with Crippen molar-refractivity contribution in [1.82, 2.24) is 0 Å². The Bertz CT molecular complexity index is 579. The van der Waals surface area contributed by atoms with Crippen LogP contribution in [0.2, 0.25) is 0 Å². The number of Topliss-reactive ketones (excluding diaryl/α,β-unsaturated/α-hetero) is 1. The molecule has 0 aliphatic heterocycles. The van der Waals surface area contributed by atoms with Crippen molar-refractivity contribution in [3.8, 4) is 0 Å². The lowest BCUT2D eigenvalue weighted by molar-refractivity contribution is -0.133. The second-order valence-electron chi connectivity index (χ2n) is 9.02. The first-order chi connectivity index (χ1) is 9.78. The lowest BCUT2D eigenvalue weighted by Crippen LogP contribution is -2.42. The second kappa shape index (κ2) is 3.91. The molecule has 1 nitrogen and oxygen atoms in total. The van der Waals surface area contributed by atoms with Gasteiger partial charge in [0.15, 0.2) is 0 Å². The molecule has 2 fully saturated rings. The largest absolute Gasteiger partial charge is 0.298 e. The van der Waals surface area contributed by atoms with Crippen LogP contribution in [0.4, 0.5) is 0 Å². The second-order valence-corrected chi connectivity index (χ2v) is 9.02. The average Bonchev–Trinajstić information content (AvgIpc) is 2.80. The Morgan fingerprint density at radius 3 is 2.52 bits per heavy atom. The summed E-state index contributed by atoms with van der Waals surface area (Å²) < 4.78 is 0. The van der Waals surface area contributed by atoms with Crippen LogP contribution in [0.15, 0.2) is 23.3 Å². The van der Waals surface area contributed by atoms with Gasteiger partial charge in [-0.3, -0.25) is 4.79 Å². The predicted molar refractivity (Wildman–Crippen MR) is 85.7 cm³/mol. The summed E-state index contributed by atoms with van der Waals surface area (Å²) >= 11 is 0. The van der Waals surface area contributed by atoms with Crippen molar-refractivity contribution in [2.24, 2.45) is 40.4 Å². The quantitative estimate of drug-likeness (QED) is 0.585. The Morgan fingerprint density at radius 2 is 1.81 bits per heavy atom. The van der Waals surface area contributed by atoms with E-state index in [1.807, 2.05) is 0 Å². The molecule has 0 aromatic heterocycles. The lowest BCUT2D eigenvalue weighted by atomic mass is 9.63. The van der Waals surface area contributed by atoms with E-state index in [9.17, 15) is 4.79 Å². The maximum absolute atomic E-state index is 13.6. The van der Waals surface area contributed by atoms with Gasteiger partial charge in [-0.2, -0.15) is 0 Å². The number of hydrogen-bond acceptors (Lipinski definition) is 1. The molecule has 114 valence electrons. The van der Waals surface area contributed by atoms with E-state index >= 15 is 0 Å². The van der Waals surface area contributed by atoms with Crippen molar-refractivity contribution >= 4 is 5.78 Å². The fourth-order valence-electron chi connectivity index (χ4n) is 6.36. The molecule has 1 heteroatoms. The van der Waals surface area contributed by atoms with E-state index in [1.165, 1.54) is 17.6 Å². The zero-order valence-corrected chi connectivity index (χ0v) is 14.1. The highest BCUT2D eigenvalue weighted by atomic mass is 16.1. The van der Waals surface area contributed by atoms with Gasteiger partial charge in [0.1, 0.15) is 5.78 Å². The molecule has 21 heavy (non-hydrogen) atoms. The van der Waals surface area contributed by atoms with Crippen molar-refractivity contribution < 1.29 is 4.79 Å². The molecule has 0 radical (unpaired) electrons. The minimum Gasteiger partial charge on any atom is -0.298 e. The van der Waals surface area contributed by atoms with Crippen molar-refractivity contribution in [1.29, 1.82) is 0 Å². The Labute approximate surface area is 128 Å². The SMILES string of the molecule is CC1=C[C@@H]2C(=O)[C@]3(C=C(C)C[C@H]3C1)[C@H](C)C[C@@H]1[C@H]2C1(C)C. The van der Waals surface area contributed by atoms with Crippen LogP contribution in [0.25, 0.3) is 0 Å². The first-order valence-corrected chi connectivity index (χ1v) is 8.68. The number of fused-ring (bicyclic) bond motifs is 3. The summed E-state index contributed by atoms with van der Waals surface area (Å²) in [5, 5.41) is 0. The Hall–Kier alpha value is -0.850. The van der Waals surface area contributed by atoms with E-state index in [-0.39, 0.29) is 11.3 Å². The van der Waals surface area contributed by atoms with Crippen molar-refractivity contribution in [3.63, 3.8) is 0 Å². The van der Waals surface area contributed by atoms with Gasteiger partial charge in [-0.05, 0) is 62.2 Å². The van der Waals surface area contributed by atoms with Crippen LogP contribution >= 0.6 is 0 Å². The molecule has 2 bridgehead atoms. The van der Waals surface area contributed by atoms with Gasteiger partial charge in [-0.15, -0.1) is 0 Å². The Balaban J connectivity index is 1.89. The number of ketones is 1. The van der Waals surface area contributed by atoms with Crippen molar-refractivity contribution in [2.75, 3.05) is 0 Å². The zero-order valence-electron chi connectivity index (χ0n) is 14.1. The van der Waals surface area contributed by atoms with Crippen LogP contribution in [0.5, 0.6) is 0 Å². The van der Waals surface area contributed by atoms with Gasteiger partial charge in [0.05, 0.1) is 5.41 Å². The van der Waals surface area contributed by atoms with Crippen LogP contribution in [0.1, 0.15) is 53.9 Å². The standard InChI is InChI=1S/C20H28O/c1-11-6-14-7-12(2)10-20(14)13(3)9-16-17(19(16,4)5)15(8-11)18(20)21/h8,10,13-17H,6-7,9H2,1-5H3/t13-,14-,15+,16-,17+,20-/m1/s1. The highest BCUT2D eigenvalue weighted by Gasteiger charge is 2.68. The molecule has 4 rings (SSSR count). The molecule has 0 unspecified atom stereocenters. The smallest absolute Gasteiger partial charge is 0.150 e. The molecular formula is C20H28O. The summed E-state index contributed by atoms with van der Waals surface area (Å²) in [5.41, 5.74) is 3.12. The lowest BCUT2D eigenvalue weighted by Gasteiger charge is -2.39. The fourth-order valence-corrected chi connectivity index (χ4v) is 6.36. The number of rotatable bonds is 0. The third-order valence-electron chi connectivity index (χ3n) is 7.44. The Morgan fingerprint density at radius 1 is 1.14 bits per heavy atom. The minimum absolute atomic E-state index is 0.146. The summed E-state index contributed by atoms with van der Waals surface area (Å²) in [6, 6.07) is 0. The maximum atomic E-state index is 13.6. The first-order valence-electron chi connectivity index (χ1n) is 8.68. The van der Waals surface area contributed by atoms with Gasteiger partial charge < -0.3 is 0 Å². The molecular weight excluding hydrogens is 256 g/mol. The van der Waals surface area contributed by atoms with Gasteiger partial charge in [-0.1, -0.05) is 44.1 Å². The molecule has 4 aliphatic rings. The van der Waals surface area contributed by atoms with Crippen LogP contribution in [-0.4, -0.2) is 5.78 Å². The molecule has 0 heterocycles. The van der Waals surface area contributed by atoms with E-state index in [0.717, 1.165) is 18.8 Å². The van der Waals surface area contributed by atoms with Crippen LogP contribution in [0, 0.1) is 40.4 Å². The third kappa shape index (κ3) is 1.56. The predicted octanol–water partition coefficient (Wildman–Crippen LogP) is 4.79. The zero-order chi connectivity index (χ0) is 15.2. The summed E-state index contributed by atoms with van der Waals surface area (Å²) in [6.45, 7) is 11.6. The average molecular weight is 284 g/mol. The minimum atomic E-state index is -0.146. The monoisotopic (exact) mass is 284 g/mol. The Kier molecular flexibility index (Phi) is 2.57. The molecule has 0 aromatic carbocycles. The van der Waals surface area contributed by atoms with Crippen LogP contribution in [0.3, 0.4) is 0 Å². The number of carbonyl (C=O) groups excluding carboxylic acids is 1. The third-order valence-corrected chi connectivity index (χ3v) is 7.44. The van der Waals surface area contributed by atoms with E-state index in [4.69, 9.17) is 0 Å². The summed E-state index contributed by atoms with van der Waals surface area (Å²) in [5.74, 6) is 3.12. The number of carbonyl (C=O) groups is 1. The van der Waals surface area contributed by atoms with E-state index in [0.29, 0.717) is 29.0 Å². The number of hydrogen-bond donors (Lipinski definition) is 0. The highest BCUT2D eigenvalue weighted by molar-refractivity contribution is 5.93. The van der Waals surface area contributed by atoms with Crippen molar-refractivity contribution in [3.05, 3.63) is 23.3 Å². The van der Waals surface area contributed by atoms with Gasteiger partial charge in [0.2, 0.25) is 0 Å². The van der Waals surface area contributed by atoms with Gasteiger partial charge >= 0.3 is 0 Å². The summed E-state index contributed by atoms with van der Waals surface area (Å²) in [6.07, 6.45) is 8.25. The molecule has 1 spiro atoms. The maximum Gasteiger partial charge on any atom is 0.150 e. The molecule has 0 amide bonds. The normalized spacial score (nSPS) is 50.3.